The van der Waals surface area contributed by atoms with Crippen molar-refractivity contribution >= 4 is 11.8 Å². The van der Waals surface area contributed by atoms with Crippen LogP contribution in [0, 0.1) is 23.0 Å². The Morgan fingerprint density at radius 2 is 1.83 bits per heavy atom. The van der Waals surface area contributed by atoms with Crippen molar-refractivity contribution < 1.29 is 13.5 Å². The molecule has 8 heteroatoms. The quantitative estimate of drug-likeness (QED) is 0.786. The molecule has 0 bridgehead atoms. The molecule has 2 rings (SSSR count). The molecule has 6 nitrogen and oxygen atoms in total. The van der Waals surface area contributed by atoms with E-state index in [4.69, 9.17) is 21.5 Å². The fraction of sp³-hybridized carbons (Fsp3) is 0.312. The molecule has 4 N–H and O–H groups in total. The molecule has 0 aliphatic rings. The van der Waals surface area contributed by atoms with Gasteiger partial charge in [-0.2, -0.15) is 10.2 Å². The topological polar surface area (TPSA) is 111 Å². The van der Waals surface area contributed by atoms with Gasteiger partial charge in [0.25, 0.3) is 0 Å². The van der Waals surface area contributed by atoms with Crippen LogP contribution < -0.4 is 16.2 Å². The lowest BCUT2D eigenvalue weighted by atomic mass is 10.1. The van der Waals surface area contributed by atoms with E-state index in [0.717, 1.165) is 25.0 Å². The third-order valence-electron chi connectivity index (χ3n) is 3.33. The highest BCUT2D eigenvalue weighted by Gasteiger charge is 2.18. The lowest BCUT2D eigenvalue weighted by molar-refractivity contribution is 0.276. The lowest BCUT2D eigenvalue weighted by Gasteiger charge is -2.11. The number of halogens is 2. The third kappa shape index (κ3) is 3.68. The maximum Gasteiger partial charge on any atom is 0.222 e. The van der Waals surface area contributed by atoms with E-state index in [-0.39, 0.29) is 35.2 Å². The van der Waals surface area contributed by atoms with Crippen LogP contribution in [0.5, 0.6) is 5.75 Å². The molecule has 0 spiro atoms. The number of hydrogen-bond acceptors (Lipinski definition) is 6. The number of nitrogens with zero attached hydrogens (tertiary/aromatic N) is 3. The largest absolute Gasteiger partial charge is 0.488 e. The number of hydrogen-bond donors (Lipinski definition) is 2. The maximum absolute atomic E-state index is 14.2. The van der Waals surface area contributed by atoms with E-state index in [0.29, 0.717) is 6.42 Å². The maximum atomic E-state index is 14.2. The van der Waals surface area contributed by atoms with Crippen molar-refractivity contribution in [3.63, 3.8) is 0 Å². The second kappa shape index (κ2) is 7.55. The van der Waals surface area contributed by atoms with Gasteiger partial charge in [0.05, 0.1) is 12.3 Å². The Balaban J connectivity index is 2.39. The second-order valence-electron chi connectivity index (χ2n) is 5.13. The van der Waals surface area contributed by atoms with Crippen LogP contribution in [0.25, 0.3) is 11.3 Å². The summed E-state index contributed by atoms with van der Waals surface area (Å²) in [5.74, 6) is -2.58. The van der Waals surface area contributed by atoms with Gasteiger partial charge in [-0.15, -0.1) is 0 Å². The number of aromatic nitrogens is 2. The van der Waals surface area contributed by atoms with Crippen LogP contribution in [0.3, 0.4) is 0 Å². The summed E-state index contributed by atoms with van der Waals surface area (Å²) in [4.78, 5) is 7.52. The monoisotopic (exact) mass is 333 g/mol. The number of nitrogen functional groups attached to an aromatic ring is 2. The SMILES string of the molecule is CCCCCOc1c(F)cc(-c2nc(N)nc(N)c2C#N)cc1F. The molecule has 0 atom stereocenters. The summed E-state index contributed by atoms with van der Waals surface area (Å²) in [6, 6.07) is 3.87. The number of ether oxygens (including phenoxy) is 1. The summed E-state index contributed by atoms with van der Waals surface area (Å²) < 4.78 is 33.5. The van der Waals surface area contributed by atoms with E-state index in [1.165, 1.54) is 0 Å². The summed E-state index contributed by atoms with van der Waals surface area (Å²) in [5, 5.41) is 9.15. The van der Waals surface area contributed by atoms with Crippen molar-refractivity contribution in [2.24, 2.45) is 0 Å². The highest BCUT2D eigenvalue weighted by atomic mass is 19.1. The van der Waals surface area contributed by atoms with E-state index in [1.807, 2.05) is 13.0 Å². The zero-order valence-corrected chi connectivity index (χ0v) is 13.1. The first-order chi connectivity index (χ1) is 11.5. The number of rotatable bonds is 6. The normalized spacial score (nSPS) is 10.4. The molecule has 1 aromatic heterocycles. The first kappa shape index (κ1) is 17.4. The minimum absolute atomic E-state index is 0.0298. The van der Waals surface area contributed by atoms with E-state index >= 15 is 0 Å². The average Bonchev–Trinajstić information content (AvgIpc) is 2.52. The van der Waals surface area contributed by atoms with Gasteiger partial charge < -0.3 is 16.2 Å². The molecule has 0 saturated heterocycles. The number of anilines is 2. The molecular formula is C16H17F2N5O. The molecule has 0 amide bonds. The molecule has 126 valence electrons. The highest BCUT2D eigenvalue weighted by Crippen LogP contribution is 2.31. The van der Waals surface area contributed by atoms with Crippen molar-refractivity contribution in [3.8, 4) is 23.1 Å². The molecule has 24 heavy (non-hydrogen) atoms. The zero-order valence-electron chi connectivity index (χ0n) is 13.1. The van der Waals surface area contributed by atoms with Gasteiger partial charge in [0.2, 0.25) is 5.95 Å². The Bertz CT molecular complexity index is 766. The summed E-state index contributed by atoms with van der Waals surface area (Å²) in [6.07, 6.45) is 2.59. The Morgan fingerprint density at radius 1 is 1.17 bits per heavy atom. The van der Waals surface area contributed by atoms with E-state index in [2.05, 4.69) is 9.97 Å². The van der Waals surface area contributed by atoms with Gasteiger partial charge in [-0.25, -0.2) is 13.8 Å². The van der Waals surface area contributed by atoms with Crippen LogP contribution in [0.2, 0.25) is 0 Å². The van der Waals surface area contributed by atoms with Crippen molar-refractivity contribution in [1.29, 1.82) is 5.26 Å². The highest BCUT2D eigenvalue weighted by molar-refractivity contribution is 5.73. The van der Waals surface area contributed by atoms with E-state index in [1.54, 1.807) is 0 Å². The van der Waals surface area contributed by atoms with Crippen molar-refractivity contribution in [2.45, 2.75) is 26.2 Å². The van der Waals surface area contributed by atoms with Gasteiger partial charge in [0, 0.05) is 5.56 Å². The summed E-state index contributed by atoms with van der Waals surface area (Å²) >= 11 is 0. The van der Waals surface area contributed by atoms with Crippen LogP contribution in [-0.4, -0.2) is 16.6 Å². The molecule has 0 radical (unpaired) electrons. The fourth-order valence-electron chi connectivity index (χ4n) is 2.18. The van der Waals surface area contributed by atoms with Crippen LogP contribution in [0.1, 0.15) is 31.7 Å². The standard InChI is InChI=1S/C16H17F2N5O/c1-2-3-4-5-24-14-11(17)6-9(7-12(14)18)13-10(8-19)15(20)23-16(21)22-13/h6-7H,2-5H2,1H3,(H4,20,21,22,23). The fourth-order valence-corrected chi connectivity index (χ4v) is 2.18. The Kier molecular flexibility index (Phi) is 5.47. The number of nitrogens with two attached hydrogens (primary N) is 2. The summed E-state index contributed by atoms with van der Waals surface area (Å²) in [7, 11) is 0. The van der Waals surface area contributed by atoms with Gasteiger partial charge in [0.1, 0.15) is 17.5 Å². The molecule has 0 fully saturated rings. The van der Waals surface area contributed by atoms with Crippen molar-refractivity contribution in [2.75, 3.05) is 18.1 Å². The predicted octanol–water partition coefficient (Wildman–Crippen LogP) is 3.03. The van der Waals surface area contributed by atoms with E-state index in [9.17, 15) is 8.78 Å². The Morgan fingerprint density at radius 3 is 2.42 bits per heavy atom. The van der Waals surface area contributed by atoms with Crippen LogP contribution in [0.4, 0.5) is 20.5 Å². The molecule has 0 saturated carbocycles. The van der Waals surface area contributed by atoms with E-state index < -0.39 is 17.4 Å². The van der Waals surface area contributed by atoms with Gasteiger partial charge >= 0.3 is 0 Å². The van der Waals surface area contributed by atoms with Gasteiger partial charge in [-0.05, 0) is 18.6 Å². The molecule has 1 heterocycles. The number of unbranched alkanes of at least 4 members (excludes halogenated alkanes) is 2. The molecule has 0 unspecified atom stereocenters. The predicted molar refractivity (Wildman–Crippen MR) is 85.9 cm³/mol. The molecule has 0 aliphatic carbocycles. The molecule has 2 aromatic rings. The van der Waals surface area contributed by atoms with Gasteiger partial charge in [-0.1, -0.05) is 19.8 Å². The first-order valence-electron chi connectivity index (χ1n) is 7.43. The smallest absolute Gasteiger partial charge is 0.222 e. The summed E-state index contributed by atoms with van der Waals surface area (Å²) in [5.41, 5.74) is 11.0. The molecular weight excluding hydrogens is 316 g/mol. The Labute approximate surface area is 138 Å². The molecule has 1 aromatic carbocycles. The second-order valence-corrected chi connectivity index (χ2v) is 5.13. The summed E-state index contributed by atoms with van der Waals surface area (Å²) in [6.45, 7) is 2.24. The third-order valence-corrected chi connectivity index (χ3v) is 3.33. The van der Waals surface area contributed by atoms with Crippen molar-refractivity contribution in [3.05, 3.63) is 29.3 Å². The van der Waals surface area contributed by atoms with Gasteiger partial charge in [-0.3, -0.25) is 0 Å². The average molecular weight is 333 g/mol. The Hall–Kier alpha value is -2.95. The minimum atomic E-state index is -0.888. The number of nitriles is 1. The van der Waals surface area contributed by atoms with Crippen LogP contribution in [-0.2, 0) is 0 Å². The lowest BCUT2D eigenvalue weighted by Crippen LogP contribution is -2.06. The minimum Gasteiger partial charge on any atom is -0.488 e. The zero-order chi connectivity index (χ0) is 17.7. The number of benzene rings is 1. The van der Waals surface area contributed by atoms with Crippen LogP contribution >= 0.6 is 0 Å². The van der Waals surface area contributed by atoms with Crippen LogP contribution in [0.15, 0.2) is 12.1 Å². The van der Waals surface area contributed by atoms with Crippen molar-refractivity contribution in [1.82, 2.24) is 9.97 Å². The van der Waals surface area contributed by atoms with Gasteiger partial charge in [0.15, 0.2) is 17.4 Å². The first-order valence-corrected chi connectivity index (χ1v) is 7.43. The molecule has 0 aliphatic heterocycles.